The molecule has 0 saturated carbocycles. The molecule has 0 unspecified atom stereocenters. The van der Waals surface area contributed by atoms with Crippen molar-refractivity contribution in [3.8, 4) is 11.1 Å². The Hall–Kier alpha value is -2.94. The van der Waals surface area contributed by atoms with E-state index < -0.39 is 0 Å². The fourth-order valence-electron chi connectivity index (χ4n) is 3.18. The van der Waals surface area contributed by atoms with Crippen molar-refractivity contribution in [1.82, 2.24) is 9.97 Å². The molecule has 0 spiro atoms. The predicted molar refractivity (Wildman–Crippen MR) is 104 cm³/mol. The topological polar surface area (TPSA) is 25.8 Å². The monoisotopic (exact) mass is 320 g/mol. The van der Waals surface area contributed by atoms with Gasteiger partial charge in [0.15, 0.2) is 0 Å². The van der Waals surface area contributed by atoms with Crippen LogP contribution in [0.5, 0.6) is 0 Å². The van der Waals surface area contributed by atoms with Crippen molar-refractivity contribution < 1.29 is 0 Å². The molecule has 2 nitrogen and oxygen atoms in total. The highest BCUT2D eigenvalue weighted by atomic mass is 14.6. The summed E-state index contributed by atoms with van der Waals surface area (Å²) in [6.07, 6.45) is 6.93. The molecule has 0 amide bonds. The number of aromatic nitrogens is 2. The van der Waals surface area contributed by atoms with Crippen LogP contribution in [-0.4, -0.2) is 17.8 Å². The van der Waals surface area contributed by atoms with Gasteiger partial charge in [-0.25, -0.2) is 0 Å². The van der Waals surface area contributed by atoms with Gasteiger partial charge in [0.25, 0.3) is 0 Å². The highest BCUT2D eigenvalue weighted by molar-refractivity contribution is 6.08. The Morgan fingerprint density at radius 3 is 2.48 bits per heavy atom. The van der Waals surface area contributed by atoms with Crippen LogP contribution in [0.1, 0.15) is 16.7 Å². The second-order valence-corrected chi connectivity index (χ2v) is 6.16. The summed E-state index contributed by atoms with van der Waals surface area (Å²) >= 11 is 0. The molecule has 0 N–H and O–H groups in total. The first-order chi connectivity index (χ1) is 12.3. The zero-order chi connectivity index (χ0) is 17.1. The normalized spacial score (nSPS) is 10.9. The van der Waals surface area contributed by atoms with Crippen molar-refractivity contribution in [2.24, 2.45) is 0 Å². The number of nitrogens with zero attached hydrogens (tertiary/aromatic N) is 2. The lowest BCUT2D eigenvalue weighted by atomic mass is 9.92. The lowest BCUT2D eigenvalue weighted by Crippen LogP contribution is -1.93. The largest absolute Gasteiger partial charge is 0.265 e. The lowest BCUT2D eigenvalue weighted by Gasteiger charge is -2.11. The minimum atomic E-state index is 0.538. The molecule has 4 rings (SSSR count). The molecule has 0 bridgehead atoms. The van der Waals surface area contributed by atoms with E-state index in [9.17, 15) is 0 Å². The summed E-state index contributed by atoms with van der Waals surface area (Å²) in [5, 5.41) is 1.15. The van der Waals surface area contributed by atoms with E-state index >= 15 is 0 Å². The van der Waals surface area contributed by atoms with Gasteiger partial charge in [0.2, 0.25) is 0 Å². The van der Waals surface area contributed by atoms with E-state index in [-0.39, 0.29) is 0 Å². The van der Waals surface area contributed by atoms with E-state index in [1.54, 1.807) is 0 Å². The molecule has 2 heterocycles. The van der Waals surface area contributed by atoms with Gasteiger partial charge in [-0.2, -0.15) is 0 Å². The third-order valence-electron chi connectivity index (χ3n) is 4.40. The van der Waals surface area contributed by atoms with Gasteiger partial charge >= 0.3 is 0 Å². The second kappa shape index (κ2) is 6.90. The van der Waals surface area contributed by atoms with Crippen LogP contribution in [0.25, 0.3) is 22.0 Å². The number of benzene rings is 2. The zero-order valence-electron chi connectivity index (χ0n) is 13.9. The number of pyridine rings is 2. The zero-order valence-corrected chi connectivity index (χ0v) is 13.9. The maximum Gasteiger partial charge on any atom is 0.0780 e. The lowest BCUT2D eigenvalue weighted by molar-refractivity contribution is 1.17. The van der Waals surface area contributed by atoms with E-state index in [0.717, 1.165) is 34.0 Å². The van der Waals surface area contributed by atoms with Crippen molar-refractivity contribution in [2.45, 2.75) is 12.7 Å². The molecule has 118 valence electrons. The molecule has 0 aliphatic carbocycles. The predicted octanol–water partition coefficient (Wildman–Crippen LogP) is 4.56. The minimum Gasteiger partial charge on any atom is -0.265 e. The summed E-state index contributed by atoms with van der Waals surface area (Å²) in [5.74, 6) is 0. The summed E-state index contributed by atoms with van der Waals surface area (Å²) < 4.78 is 0. The SMILES string of the molecule is [B]Cc1cccc(-c2cc(Cc3ccncc3)cc3cccnc23)c1. The van der Waals surface area contributed by atoms with E-state index in [0.29, 0.717) is 6.32 Å². The molecule has 2 aromatic heterocycles. The van der Waals surface area contributed by atoms with Gasteiger partial charge in [0.1, 0.15) is 0 Å². The van der Waals surface area contributed by atoms with Crippen LogP contribution in [-0.2, 0) is 12.7 Å². The number of fused-ring (bicyclic) bond motifs is 1. The average molecular weight is 320 g/mol. The standard InChI is InChI=1S/C22H17BN2/c23-15-17-3-1-4-19(12-17)21-14-18(11-16-6-9-24-10-7-16)13-20-5-2-8-25-22(20)21/h1-10,12-14H,11,15H2. The minimum absolute atomic E-state index is 0.538. The Labute approximate surface area is 149 Å². The van der Waals surface area contributed by atoms with Gasteiger partial charge in [-0.15, -0.1) is 0 Å². The van der Waals surface area contributed by atoms with Crippen LogP contribution in [0.3, 0.4) is 0 Å². The van der Waals surface area contributed by atoms with Gasteiger partial charge in [0.05, 0.1) is 13.4 Å². The molecule has 2 radical (unpaired) electrons. The van der Waals surface area contributed by atoms with Gasteiger partial charge in [-0.1, -0.05) is 42.2 Å². The third kappa shape index (κ3) is 3.31. The smallest absolute Gasteiger partial charge is 0.0780 e. The molecule has 0 atom stereocenters. The summed E-state index contributed by atoms with van der Waals surface area (Å²) in [7, 11) is 5.82. The van der Waals surface area contributed by atoms with Gasteiger partial charge < -0.3 is 0 Å². The van der Waals surface area contributed by atoms with Crippen LogP contribution in [0.4, 0.5) is 0 Å². The van der Waals surface area contributed by atoms with E-state index in [1.165, 1.54) is 11.1 Å². The Morgan fingerprint density at radius 1 is 0.760 bits per heavy atom. The van der Waals surface area contributed by atoms with Crippen molar-refractivity contribution >= 4 is 18.7 Å². The van der Waals surface area contributed by atoms with E-state index in [1.807, 2.05) is 24.7 Å². The molecule has 4 aromatic rings. The van der Waals surface area contributed by atoms with Crippen molar-refractivity contribution in [1.29, 1.82) is 0 Å². The van der Waals surface area contributed by atoms with Crippen LogP contribution >= 0.6 is 0 Å². The molecular weight excluding hydrogens is 303 g/mol. The Bertz CT molecular complexity index is 1010. The van der Waals surface area contributed by atoms with Crippen LogP contribution in [0.15, 0.2) is 79.3 Å². The first-order valence-electron chi connectivity index (χ1n) is 8.39. The van der Waals surface area contributed by atoms with Crippen LogP contribution in [0, 0.1) is 0 Å². The van der Waals surface area contributed by atoms with Crippen molar-refractivity contribution in [3.63, 3.8) is 0 Å². The molecule has 0 aliphatic rings. The quantitative estimate of drug-likeness (QED) is 0.515. The third-order valence-corrected chi connectivity index (χ3v) is 4.40. The maximum absolute atomic E-state index is 5.82. The maximum atomic E-state index is 5.82. The van der Waals surface area contributed by atoms with E-state index in [2.05, 4.69) is 64.6 Å². The van der Waals surface area contributed by atoms with Gasteiger partial charge in [-0.05, 0) is 53.4 Å². The summed E-state index contributed by atoms with van der Waals surface area (Å²) in [4.78, 5) is 8.72. The summed E-state index contributed by atoms with van der Waals surface area (Å²) in [5.41, 5.74) is 6.97. The number of rotatable bonds is 4. The second-order valence-electron chi connectivity index (χ2n) is 6.16. The van der Waals surface area contributed by atoms with Crippen molar-refractivity contribution in [2.75, 3.05) is 0 Å². The first kappa shape index (κ1) is 15.6. The van der Waals surface area contributed by atoms with Crippen molar-refractivity contribution in [3.05, 3.63) is 95.9 Å². The van der Waals surface area contributed by atoms with Gasteiger partial charge in [-0.3, -0.25) is 9.97 Å². The fraction of sp³-hybridized carbons (Fsp3) is 0.0909. The molecule has 25 heavy (non-hydrogen) atoms. The fourth-order valence-corrected chi connectivity index (χ4v) is 3.18. The molecule has 2 aromatic carbocycles. The van der Waals surface area contributed by atoms with Crippen LogP contribution < -0.4 is 0 Å². The molecular formula is C22H17BN2. The molecule has 0 aliphatic heterocycles. The average Bonchev–Trinajstić information content (AvgIpc) is 2.68. The van der Waals surface area contributed by atoms with Crippen LogP contribution in [0.2, 0.25) is 0 Å². The molecule has 3 heteroatoms. The van der Waals surface area contributed by atoms with Gasteiger partial charge in [0, 0.05) is 29.5 Å². The van der Waals surface area contributed by atoms with E-state index in [4.69, 9.17) is 7.85 Å². The summed E-state index contributed by atoms with van der Waals surface area (Å²) in [6.45, 7) is 0. The Kier molecular flexibility index (Phi) is 4.30. The molecule has 0 fully saturated rings. The highest BCUT2D eigenvalue weighted by Gasteiger charge is 2.09. The highest BCUT2D eigenvalue weighted by Crippen LogP contribution is 2.30. The number of hydrogen-bond acceptors (Lipinski definition) is 2. The molecule has 0 saturated heterocycles. The Balaban J connectivity index is 1.86. The first-order valence-corrected chi connectivity index (χ1v) is 8.39. The number of hydrogen-bond donors (Lipinski definition) is 0. The Morgan fingerprint density at radius 2 is 1.64 bits per heavy atom. The summed E-state index contributed by atoms with van der Waals surface area (Å²) in [6, 6.07) is 21.1.